The van der Waals surface area contributed by atoms with E-state index in [4.69, 9.17) is 4.74 Å². The van der Waals surface area contributed by atoms with Crippen molar-refractivity contribution in [2.24, 2.45) is 0 Å². The second-order valence-electron chi connectivity index (χ2n) is 5.21. The molecule has 1 aromatic carbocycles. The van der Waals surface area contributed by atoms with Gasteiger partial charge in [0, 0.05) is 23.5 Å². The van der Waals surface area contributed by atoms with E-state index in [1.165, 1.54) is 7.11 Å². The van der Waals surface area contributed by atoms with Gasteiger partial charge in [0.2, 0.25) is 5.95 Å². The number of aromatic nitrogens is 2. The molecule has 0 saturated heterocycles. The maximum atomic E-state index is 11.6. The number of nitrogens with one attached hydrogen (secondary N) is 2. The maximum absolute atomic E-state index is 11.6. The molecular formula is C16H20N4O2. The molecule has 0 radical (unpaired) electrons. The highest BCUT2D eigenvalue weighted by molar-refractivity contribution is 5.90. The number of ether oxygens (including phenoxy) is 1. The number of aryl methyl sites for hydroxylation is 1. The first kappa shape index (κ1) is 15.8. The molecule has 116 valence electrons. The van der Waals surface area contributed by atoms with E-state index in [0.29, 0.717) is 11.5 Å². The van der Waals surface area contributed by atoms with Gasteiger partial charge in [0.15, 0.2) is 0 Å². The first-order chi connectivity index (χ1) is 10.5. The number of anilines is 3. The highest BCUT2D eigenvalue weighted by atomic mass is 16.5. The third-order valence-corrected chi connectivity index (χ3v) is 2.83. The van der Waals surface area contributed by atoms with Crippen LogP contribution >= 0.6 is 0 Å². The summed E-state index contributed by atoms with van der Waals surface area (Å²) in [5.74, 6) is 0.857. The summed E-state index contributed by atoms with van der Waals surface area (Å²) < 4.78 is 4.72. The second kappa shape index (κ2) is 6.89. The Bertz CT molecular complexity index is 671. The SMILES string of the molecule is COC(=O)c1cccc(Nc2nc(C)cc(NC(C)C)n2)c1. The third kappa shape index (κ3) is 4.18. The van der Waals surface area contributed by atoms with Gasteiger partial charge in [-0.25, -0.2) is 9.78 Å². The predicted molar refractivity (Wildman–Crippen MR) is 86.6 cm³/mol. The van der Waals surface area contributed by atoms with Crippen molar-refractivity contribution in [1.29, 1.82) is 0 Å². The van der Waals surface area contributed by atoms with Crippen molar-refractivity contribution in [1.82, 2.24) is 9.97 Å². The Kier molecular flexibility index (Phi) is 4.93. The monoisotopic (exact) mass is 300 g/mol. The Labute approximate surface area is 129 Å². The molecule has 2 aromatic rings. The largest absolute Gasteiger partial charge is 0.465 e. The lowest BCUT2D eigenvalue weighted by atomic mass is 10.2. The smallest absolute Gasteiger partial charge is 0.337 e. The molecule has 0 amide bonds. The molecular weight excluding hydrogens is 280 g/mol. The number of nitrogens with zero attached hydrogens (tertiary/aromatic N) is 2. The molecule has 2 rings (SSSR count). The van der Waals surface area contributed by atoms with Crippen LogP contribution in [-0.2, 0) is 4.74 Å². The van der Waals surface area contributed by atoms with Gasteiger partial charge in [0.1, 0.15) is 5.82 Å². The lowest BCUT2D eigenvalue weighted by Gasteiger charge is -2.12. The lowest BCUT2D eigenvalue weighted by Crippen LogP contribution is -2.12. The van der Waals surface area contributed by atoms with Gasteiger partial charge >= 0.3 is 5.97 Å². The quantitative estimate of drug-likeness (QED) is 0.826. The molecule has 0 bridgehead atoms. The van der Waals surface area contributed by atoms with Crippen molar-refractivity contribution in [3.05, 3.63) is 41.6 Å². The van der Waals surface area contributed by atoms with E-state index in [1.807, 2.05) is 32.9 Å². The number of benzene rings is 1. The molecule has 0 spiro atoms. The molecule has 0 aliphatic rings. The normalized spacial score (nSPS) is 10.4. The van der Waals surface area contributed by atoms with Crippen LogP contribution in [0.3, 0.4) is 0 Å². The van der Waals surface area contributed by atoms with Crippen LogP contribution in [0, 0.1) is 6.92 Å². The minimum absolute atomic E-state index is 0.282. The van der Waals surface area contributed by atoms with E-state index in [2.05, 4.69) is 20.6 Å². The lowest BCUT2D eigenvalue weighted by molar-refractivity contribution is 0.0601. The predicted octanol–water partition coefficient (Wildman–Crippen LogP) is 3.14. The number of carbonyl (C=O) groups excluding carboxylic acids is 1. The summed E-state index contributed by atoms with van der Waals surface area (Å²) in [7, 11) is 1.36. The van der Waals surface area contributed by atoms with Crippen molar-refractivity contribution in [2.75, 3.05) is 17.7 Å². The molecule has 22 heavy (non-hydrogen) atoms. The zero-order chi connectivity index (χ0) is 16.1. The van der Waals surface area contributed by atoms with Crippen molar-refractivity contribution < 1.29 is 9.53 Å². The van der Waals surface area contributed by atoms with Crippen molar-refractivity contribution in [3.63, 3.8) is 0 Å². The van der Waals surface area contributed by atoms with Gasteiger partial charge in [-0.1, -0.05) is 6.07 Å². The fraction of sp³-hybridized carbons (Fsp3) is 0.312. The van der Waals surface area contributed by atoms with E-state index in [9.17, 15) is 4.79 Å². The molecule has 6 heteroatoms. The molecule has 0 unspecified atom stereocenters. The van der Waals surface area contributed by atoms with Gasteiger partial charge in [-0.15, -0.1) is 0 Å². The Morgan fingerprint density at radius 1 is 1.23 bits per heavy atom. The fourth-order valence-corrected chi connectivity index (χ4v) is 1.97. The van der Waals surface area contributed by atoms with Crippen molar-refractivity contribution in [3.8, 4) is 0 Å². The molecule has 0 aliphatic heterocycles. The average molecular weight is 300 g/mol. The summed E-state index contributed by atoms with van der Waals surface area (Å²) in [4.78, 5) is 20.3. The van der Waals surface area contributed by atoms with E-state index >= 15 is 0 Å². The van der Waals surface area contributed by atoms with Crippen LogP contribution in [0.1, 0.15) is 29.9 Å². The van der Waals surface area contributed by atoms with Gasteiger partial charge in [-0.2, -0.15) is 4.98 Å². The first-order valence-electron chi connectivity index (χ1n) is 7.05. The van der Waals surface area contributed by atoms with Crippen LogP contribution in [0.4, 0.5) is 17.5 Å². The number of rotatable bonds is 5. The Balaban J connectivity index is 2.23. The summed E-state index contributed by atoms with van der Waals surface area (Å²) in [5, 5.41) is 6.35. The summed E-state index contributed by atoms with van der Waals surface area (Å²) >= 11 is 0. The Morgan fingerprint density at radius 3 is 2.68 bits per heavy atom. The van der Waals surface area contributed by atoms with Crippen LogP contribution < -0.4 is 10.6 Å². The Morgan fingerprint density at radius 2 is 2.00 bits per heavy atom. The van der Waals surface area contributed by atoms with E-state index in [0.717, 1.165) is 17.2 Å². The summed E-state index contributed by atoms with van der Waals surface area (Å²) in [6.45, 7) is 6.00. The molecule has 0 saturated carbocycles. The van der Waals surface area contributed by atoms with Gasteiger partial charge in [0.25, 0.3) is 0 Å². The minimum Gasteiger partial charge on any atom is -0.465 e. The molecule has 1 aromatic heterocycles. The summed E-state index contributed by atoms with van der Waals surface area (Å²) in [6, 6.07) is 9.18. The van der Waals surface area contributed by atoms with Crippen LogP contribution in [-0.4, -0.2) is 29.1 Å². The standard InChI is InChI=1S/C16H20N4O2/c1-10(2)17-14-8-11(3)18-16(20-14)19-13-7-5-6-12(9-13)15(21)22-4/h5-10H,1-4H3,(H2,17,18,19,20). The molecule has 0 aliphatic carbocycles. The van der Waals surface area contributed by atoms with E-state index < -0.39 is 0 Å². The number of methoxy groups -OCH3 is 1. The average Bonchev–Trinajstić information content (AvgIpc) is 2.45. The van der Waals surface area contributed by atoms with Crippen LogP contribution in [0.5, 0.6) is 0 Å². The fourth-order valence-electron chi connectivity index (χ4n) is 1.97. The topological polar surface area (TPSA) is 76.1 Å². The number of hydrogen-bond acceptors (Lipinski definition) is 6. The number of carbonyl (C=O) groups is 1. The minimum atomic E-state index is -0.379. The molecule has 0 fully saturated rings. The maximum Gasteiger partial charge on any atom is 0.337 e. The molecule has 2 N–H and O–H groups in total. The Hall–Kier alpha value is -2.63. The highest BCUT2D eigenvalue weighted by Gasteiger charge is 2.08. The second-order valence-corrected chi connectivity index (χ2v) is 5.21. The van der Waals surface area contributed by atoms with Crippen LogP contribution in [0.15, 0.2) is 30.3 Å². The summed E-state index contributed by atoms with van der Waals surface area (Å²) in [5.41, 5.74) is 2.05. The van der Waals surface area contributed by atoms with Gasteiger partial charge in [0.05, 0.1) is 12.7 Å². The van der Waals surface area contributed by atoms with Crippen LogP contribution in [0.25, 0.3) is 0 Å². The van der Waals surface area contributed by atoms with Crippen molar-refractivity contribution >= 4 is 23.4 Å². The zero-order valence-electron chi connectivity index (χ0n) is 13.2. The van der Waals surface area contributed by atoms with Gasteiger partial charge in [-0.05, 0) is 39.0 Å². The third-order valence-electron chi connectivity index (χ3n) is 2.83. The molecule has 6 nitrogen and oxygen atoms in total. The molecule has 0 atom stereocenters. The summed E-state index contributed by atoms with van der Waals surface area (Å²) in [6.07, 6.45) is 0. The van der Waals surface area contributed by atoms with Crippen molar-refractivity contribution in [2.45, 2.75) is 26.8 Å². The van der Waals surface area contributed by atoms with Gasteiger partial charge in [-0.3, -0.25) is 0 Å². The van der Waals surface area contributed by atoms with Gasteiger partial charge < -0.3 is 15.4 Å². The van der Waals surface area contributed by atoms with Crippen LogP contribution in [0.2, 0.25) is 0 Å². The number of hydrogen-bond donors (Lipinski definition) is 2. The number of esters is 1. The first-order valence-corrected chi connectivity index (χ1v) is 7.05. The van der Waals surface area contributed by atoms with E-state index in [-0.39, 0.29) is 12.0 Å². The molecule has 1 heterocycles. The van der Waals surface area contributed by atoms with E-state index in [1.54, 1.807) is 18.2 Å². The highest BCUT2D eigenvalue weighted by Crippen LogP contribution is 2.18. The zero-order valence-corrected chi connectivity index (χ0v) is 13.2.